The monoisotopic (exact) mass is 162 g/mol. The van der Waals surface area contributed by atoms with Crippen molar-refractivity contribution in [1.29, 1.82) is 0 Å². The lowest BCUT2D eigenvalue weighted by molar-refractivity contribution is -0.261. The van der Waals surface area contributed by atoms with Gasteiger partial charge in [-0.15, -0.1) is 0 Å². The molecule has 0 aromatic carbocycles. The molecular formula is C5H10N2O4. The van der Waals surface area contributed by atoms with Gasteiger partial charge in [-0.1, -0.05) is 0 Å². The largest absolute Gasteiger partial charge is 0.438 e. The number of hydrogen-bond acceptors (Lipinski definition) is 4. The molecule has 1 unspecified atom stereocenters. The number of hydrogen-bond donors (Lipinski definition) is 2. The molecule has 11 heavy (non-hydrogen) atoms. The Morgan fingerprint density at radius 2 is 2.09 bits per heavy atom. The van der Waals surface area contributed by atoms with Gasteiger partial charge in [-0.2, -0.15) is 4.89 Å². The van der Waals surface area contributed by atoms with Gasteiger partial charge in [-0.05, 0) is 6.92 Å². The summed E-state index contributed by atoms with van der Waals surface area (Å²) in [7, 11) is 1.36. The van der Waals surface area contributed by atoms with E-state index in [1.54, 1.807) is 0 Å². The van der Waals surface area contributed by atoms with E-state index >= 15 is 0 Å². The van der Waals surface area contributed by atoms with E-state index < -0.39 is 18.1 Å². The molecule has 0 saturated heterocycles. The maximum atomic E-state index is 10.3. The standard InChI is InChI=1S/C5H10N2O4/c1-3(4(6)8)10-11-5(9)7-2/h3H,1-2H3,(H2,6,8)(H,7,9). The topological polar surface area (TPSA) is 90.7 Å². The molecule has 1 atom stereocenters. The Hall–Kier alpha value is -1.30. The SMILES string of the molecule is CNC(=O)OOC(C)C(N)=O. The summed E-state index contributed by atoms with van der Waals surface area (Å²) in [6, 6.07) is 0. The highest BCUT2D eigenvalue weighted by atomic mass is 17.2. The van der Waals surface area contributed by atoms with Crippen LogP contribution < -0.4 is 11.1 Å². The Morgan fingerprint density at radius 3 is 2.45 bits per heavy atom. The summed E-state index contributed by atoms with van der Waals surface area (Å²) < 4.78 is 0. The van der Waals surface area contributed by atoms with E-state index in [9.17, 15) is 9.59 Å². The number of nitrogens with one attached hydrogen (secondary N) is 1. The molecule has 0 radical (unpaired) electrons. The first-order valence-corrected chi connectivity index (χ1v) is 2.92. The van der Waals surface area contributed by atoms with E-state index in [2.05, 4.69) is 15.1 Å². The molecule has 6 nitrogen and oxygen atoms in total. The third-order valence-corrected chi connectivity index (χ3v) is 0.873. The molecule has 0 spiro atoms. The molecule has 0 bridgehead atoms. The summed E-state index contributed by atoms with van der Waals surface area (Å²) in [5.74, 6) is -0.700. The van der Waals surface area contributed by atoms with Gasteiger partial charge in [-0.25, -0.2) is 4.79 Å². The first-order chi connectivity index (χ1) is 5.07. The molecule has 0 fully saturated rings. The van der Waals surface area contributed by atoms with Gasteiger partial charge in [0.1, 0.15) is 0 Å². The number of primary amides is 1. The van der Waals surface area contributed by atoms with Crippen LogP contribution in [0.15, 0.2) is 0 Å². The van der Waals surface area contributed by atoms with E-state index in [0.29, 0.717) is 0 Å². The molecule has 0 heterocycles. The average molecular weight is 162 g/mol. The van der Waals surface area contributed by atoms with Crippen LogP contribution in [0, 0.1) is 0 Å². The van der Waals surface area contributed by atoms with Crippen molar-refractivity contribution >= 4 is 12.0 Å². The smallest absolute Gasteiger partial charge is 0.367 e. The fraction of sp³-hybridized carbons (Fsp3) is 0.600. The highest BCUT2D eigenvalue weighted by Gasteiger charge is 2.11. The zero-order valence-electron chi connectivity index (χ0n) is 6.29. The maximum Gasteiger partial charge on any atom is 0.438 e. The van der Waals surface area contributed by atoms with Gasteiger partial charge in [0, 0.05) is 7.05 Å². The molecule has 6 heteroatoms. The summed E-state index contributed by atoms with van der Waals surface area (Å²) in [5, 5.41) is 2.12. The van der Waals surface area contributed by atoms with E-state index in [-0.39, 0.29) is 0 Å². The molecule has 0 aliphatic carbocycles. The lowest BCUT2D eigenvalue weighted by atomic mass is 10.4. The predicted molar refractivity (Wildman–Crippen MR) is 35.3 cm³/mol. The van der Waals surface area contributed by atoms with Crippen LogP contribution in [0.3, 0.4) is 0 Å². The lowest BCUT2D eigenvalue weighted by Crippen LogP contribution is -2.31. The molecule has 0 aliphatic rings. The fourth-order valence-electron chi connectivity index (χ4n) is 0.205. The van der Waals surface area contributed by atoms with Crippen molar-refractivity contribution in [3.63, 3.8) is 0 Å². The molecule has 0 aliphatic heterocycles. The average Bonchev–Trinajstić information content (AvgIpc) is 1.99. The summed E-state index contributed by atoms with van der Waals surface area (Å²) >= 11 is 0. The van der Waals surface area contributed by atoms with Crippen LogP contribution >= 0.6 is 0 Å². The van der Waals surface area contributed by atoms with Crippen LogP contribution in [0.2, 0.25) is 0 Å². The van der Waals surface area contributed by atoms with Gasteiger partial charge in [0.2, 0.25) is 0 Å². The Kier molecular flexibility index (Phi) is 3.97. The van der Waals surface area contributed by atoms with Crippen molar-refractivity contribution in [2.45, 2.75) is 13.0 Å². The molecule has 0 saturated carbocycles. The Labute approximate surface area is 63.6 Å². The van der Waals surface area contributed by atoms with Crippen LogP contribution in [0.4, 0.5) is 4.79 Å². The molecule has 2 amide bonds. The van der Waals surface area contributed by atoms with Crippen molar-refractivity contribution < 1.29 is 19.4 Å². The third kappa shape index (κ3) is 4.15. The second-order valence-corrected chi connectivity index (χ2v) is 1.76. The van der Waals surface area contributed by atoms with E-state index in [4.69, 9.17) is 5.73 Å². The fourth-order valence-corrected chi connectivity index (χ4v) is 0.205. The predicted octanol–water partition coefficient (Wildman–Crippen LogP) is -0.852. The lowest BCUT2D eigenvalue weighted by Gasteiger charge is -2.05. The molecular weight excluding hydrogens is 152 g/mol. The van der Waals surface area contributed by atoms with Crippen molar-refractivity contribution in [1.82, 2.24) is 5.32 Å². The van der Waals surface area contributed by atoms with Gasteiger partial charge >= 0.3 is 6.09 Å². The molecule has 0 rings (SSSR count). The first-order valence-electron chi connectivity index (χ1n) is 2.92. The van der Waals surface area contributed by atoms with Gasteiger partial charge in [0.25, 0.3) is 5.91 Å². The van der Waals surface area contributed by atoms with Crippen molar-refractivity contribution in [2.24, 2.45) is 5.73 Å². The van der Waals surface area contributed by atoms with E-state index in [0.717, 1.165) is 0 Å². The normalized spacial score (nSPS) is 11.8. The van der Waals surface area contributed by atoms with Gasteiger partial charge in [0.05, 0.1) is 0 Å². The molecule has 3 N–H and O–H groups in total. The highest BCUT2D eigenvalue weighted by molar-refractivity contribution is 5.78. The summed E-state index contributed by atoms with van der Waals surface area (Å²) in [6.07, 6.45) is -1.72. The molecule has 0 aromatic heterocycles. The molecule has 0 aromatic rings. The zero-order valence-corrected chi connectivity index (χ0v) is 6.29. The van der Waals surface area contributed by atoms with Gasteiger partial charge < -0.3 is 11.1 Å². The maximum absolute atomic E-state index is 10.3. The minimum atomic E-state index is -0.938. The first kappa shape index (κ1) is 9.70. The van der Waals surface area contributed by atoms with Crippen molar-refractivity contribution in [3.8, 4) is 0 Å². The second kappa shape index (κ2) is 4.51. The van der Waals surface area contributed by atoms with Crippen molar-refractivity contribution in [2.75, 3.05) is 7.05 Å². The summed E-state index contributed by atoms with van der Waals surface area (Å²) in [6.45, 7) is 1.37. The third-order valence-electron chi connectivity index (χ3n) is 0.873. The van der Waals surface area contributed by atoms with Gasteiger partial charge in [0.15, 0.2) is 6.10 Å². The number of carbonyl (C=O) groups is 2. The summed E-state index contributed by atoms with van der Waals surface area (Å²) in [4.78, 5) is 28.9. The molecule has 64 valence electrons. The van der Waals surface area contributed by atoms with Crippen molar-refractivity contribution in [3.05, 3.63) is 0 Å². The minimum Gasteiger partial charge on any atom is -0.367 e. The van der Waals surface area contributed by atoms with Crippen LogP contribution in [-0.2, 0) is 14.6 Å². The minimum absolute atomic E-state index is 0.700. The van der Waals surface area contributed by atoms with E-state index in [1.165, 1.54) is 14.0 Å². The van der Waals surface area contributed by atoms with Gasteiger partial charge in [-0.3, -0.25) is 9.68 Å². The quantitative estimate of drug-likeness (QED) is 0.417. The van der Waals surface area contributed by atoms with Crippen LogP contribution in [0.25, 0.3) is 0 Å². The Morgan fingerprint density at radius 1 is 1.55 bits per heavy atom. The number of rotatable bonds is 3. The summed E-state index contributed by atoms with van der Waals surface area (Å²) in [5.41, 5.74) is 4.79. The van der Waals surface area contributed by atoms with Crippen LogP contribution in [0.1, 0.15) is 6.92 Å². The zero-order chi connectivity index (χ0) is 8.85. The Balaban J connectivity index is 3.54. The number of amides is 2. The Bertz CT molecular complexity index is 159. The van der Waals surface area contributed by atoms with Crippen LogP contribution in [0.5, 0.6) is 0 Å². The highest BCUT2D eigenvalue weighted by Crippen LogP contribution is 1.89. The number of nitrogens with two attached hydrogens (primary N) is 1. The number of carbonyl (C=O) groups excluding carboxylic acids is 2. The second-order valence-electron chi connectivity index (χ2n) is 1.76. The van der Waals surface area contributed by atoms with E-state index in [1.807, 2.05) is 0 Å². The van der Waals surface area contributed by atoms with Crippen LogP contribution in [-0.4, -0.2) is 25.2 Å².